The lowest BCUT2D eigenvalue weighted by Crippen LogP contribution is -2.12. The molecule has 0 aromatic heterocycles. The van der Waals surface area contributed by atoms with Gasteiger partial charge in [0.25, 0.3) is 0 Å². The number of rotatable bonds is 4. The Morgan fingerprint density at radius 2 is 1.80 bits per heavy atom. The highest BCUT2D eigenvalue weighted by atomic mass is 32.2. The molecule has 62 valence electrons. The van der Waals surface area contributed by atoms with E-state index in [4.69, 9.17) is 5.11 Å². The van der Waals surface area contributed by atoms with E-state index in [9.17, 15) is 0 Å². The van der Waals surface area contributed by atoms with E-state index < -0.39 is 0 Å². The van der Waals surface area contributed by atoms with E-state index in [1.165, 1.54) is 6.42 Å². The highest BCUT2D eigenvalue weighted by Gasteiger charge is 2.12. The van der Waals surface area contributed by atoms with Crippen LogP contribution >= 0.6 is 11.8 Å². The molecule has 0 rings (SSSR count). The van der Waals surface area contributed by atoms with Crippen molar-refractivity contribution in [2.45, 2.75) is 44.8 Å². The zero-order valence-corrected chi connectivity index (χ0v) is 8.11. The number of hydrogen-bond donors (Lipinski definition) is 1. The van der Waals surface area contributed by atoms with Gasteiger partial charge < -0.3 is 5.11 Å². The largest absolute Gasteiger partial charge is 0.383 e. The summed E-state index contributed by atoms with van der Waals surface area (Å²) in [4.78, 5) is 0. The second-order valence-electron chi connectivity index (χ2n) is 2.83. The number of aliphatic hydroxyl groups excluding tert-OH is 1. The monoisotopic (exact) mass is 162 g/mol. The van der Waals surface area contributed by atoms with Crippen molar-refractivity contribution >= 4 is 11.8 Å². The van der Waals surface area contributed by atoms with Crippen LogP contribution in [0.1, 0.15) is 34.1 Å². The summed E-state index contributed by atoms with van der Waals surface area (Å²) in [5.74, 6) is 0.708. The van der Waals surface area contributed by atoms with Crippen LogP contribution in [0.25, 0.3) is 0 Å². The van der Waals surface area contributed by atoms with Gasteiger partial charge in [-0.1, -0.05) is 27.2 Å². The van der Waals surface area contributed by atoms with E-state index in [0.29, 0.717) is 11.2 Å². The molecule has 3 atom stereocenters. The molecule has 0 aromatic rings. The van der Waals surface area contributed by atoms with E-state index in [2.05, 4.69) is 20.8 Å². The summed E-state index contributed by atoms with van der Waals surface area (Å²) in [6.45, 7) is 8.40. The highest BCUT2D eigenvalue weighted by molar-refractivity contribution is 8.00. The Labute approximate surface area is 68.2 Å². The third-order valence-corrected chi connectivity index (χ3v) is 3.14. The van der Waals surface area contributed by atoms with Gasteiger partial charge in [-0.15, -0.1) is 11.8 Å². The maximum absolute atomic E-state index is 9.03. The van der Waals surface area contributed by atoms with Gasteiger partial charge in [-0.25, -0.2) is 0 Å². The summed E-state index contributed by atoms with van der Waals surface area (Å²) < 4.78 is 0. The number of hydrogen-bond acceptors (Lipinski definition) is 2. The molecular formula is C8H18OS. The molecule has 0 saturated carbocycles. The molecule has 0 bridgehead atoms. The fourth-order valence-electron chi connectivity index (χ4n) is 0.777. The summed E-state index contributed by atoms with van der Waals surface area (Å²) >= 11 is 1.64. The van der Waals surface area contributed by atoms with Crippen LogP contribution < -0.4 is 0 Å². The van der Waals surface area contributed by atoms with Crippen LogP contribution in [-0.4, -0.2) is 15.8 Å². The molecular weight excluding hydrogens is 144 g/mol. The molecule has 1 nitrogen and oxygen atoms in total. The molecule has 0 heterocycles. The fourth-order valence-corrected chi connectivity index (χ4v) is 1.86. The predicted octanol–water partition coefficient (Wildman–Crippen LogP) is 2.49. The first-order valence-corrected chi connectivity index (χ1v) is 4.85. The summed E-state index contributed by atoms with van der Waals surface area (Å²) in [7, 11) is 0. The summed E-state index contributed by atoms with van der Waals surface area (Å²) in [6.07, 6.45) is 1.20. The van der Waals surface area contributed by atoms with Gasteiger partial charge in [0.15, 0.2) is 0 Å². The zero-order valence-electron chi connectivity index (χ0n) is 7.29. The van der Waals surface area contributed by atoms with Crippen molar-refractivity contribution in [2.75, 3.05) is 0 Å². The second kappa shape index (κ2) is 5.03. The van der Waals surface area contributed by atoms with Crippen molar-refractivity contribution in [1.29, 1.82) is 0 Å². The molecule has 0 aliphatic carbocycles. The average molecular weight is 162 g/mol. The van der Waals surface area contributed by atoms with Gasteiger partial charge in [0.05, 0.1) is 5.44 Å². The van der Waals surface area contributed by atoms with Crippen LogP contribution in [0.4, 0.5) is 0 Å². The van der Waals surface area contributed by atoms with E-state index in [0.717, 1.165) is 0 Å². The van der Waals surface area contributed by atoms with Crippen LogP contribution in [0.3, 0.4) is 0 Å². The van der Waals surface area contributed by atoms with Crippen LogP contribution in [0.15, 0.2) is 0 Å². The van der Waals surface area contributed by atoms with E-state index in [1.54, 1.807) is 11.8 Å². The standard InChI is InChI=1S/C8H18OS/c1-5-6(2)7(3)10-8(4)9/h6-9H,5H2,1-4H3. The Hall–Kier alpha value is 0.310. The maximum Gasteiger partial charge on any atom is 0.0967 e. The number of aliphatic hydroxyl groups is 1. The van der Waals surface area contributed by atoms with Gasteiger partial charge in [-0.2, -0.15) is 0 Å². The molecule has 0 amide bonds. The first-order valence-electron chi connectivity index (χ1n) is 3.91. The van der Waals surface area contributed by atoms with E-state index in [-0.39, 0.29) is 5.44 Å². The lowest BCUT2D eigenvalue weighted by molar-refractivity contribution is 0.282. The second-order valence-corrected chi connectivity index (χ2v) is 4.52. The van der Waals surface area contributed by atoms with E-state index >= 15 is 0 Å². The quantitative estimate of drug-likeness (QED) is 0.641. The third-order valence-electron chi connectivity index (χ3n) is 1.86. The molecule has 0 spiro atoms. The Bertz CT molecular complexity index is 83.3. The predicted molar refractivity (Wildman–Crippen MR) is 48.2 cm³/mol. The number of thioether (sulfide) groups is 1. The topological polar surface area (TPSA) is 20.2 Å². The first kappa shape index (κ1) is 10.3. The lowest BCUT2D eigenvalue weighted by atomic mass is 10.1. The maximum atomic E-state index is 9.03. The summed E-state index contributed by atoms with van der Waals surface area (Å²) in [6, 6.07) is 0. The molecule has 0 aliphatic rings. The van der Waals surface area contributed by atoms with Gasteiger partial charge in [-0.05, 0) is 12.8 Å². The molecule has 0 aromatic carbocycles. The van der Waals surface area contributed by atoms with Gasteiger partial charge in [-0.3, -0.25) is 0 Å². The zero-order chi connectivity index (χ0) is 8.15. The molecule has 3 unspecified atom stereocenters. The van der Waals surface area contributed by atoms with Gasteiger partial charge in [0, 0.05) is 5.25 Å². The van der Waals surface area contributed by atoms with Crippen LogP contribution in [0, 0.1) is 5.92 Å². The van der Waals surface area contributed by atoms with Crippen LogP contribution in [-0.2, 0) is 0 Å². The highest BCUT2D eigenvalue weighted by Crippen LogP contribution is 2.23. The van der Waals surface area contributed by atoms with Crippen LogP contribution in [0.5, 0.6) is 0 Å². The molecule has 0 fully saturated rings. The Morgan fingerprint density at radius 1 is 1.30 bits per heavy atom. The van der Waals surface area contributed by atoms with E-state index in [1.807, 2.05) is 6.92 Å². The fraction of sp³-hybridized carbons (Fsp3) is 1.00. The molecule has 0 aliphatic heterocycles. The SMILES string of the molecule is CCC(C)C(C)SC(C)O. The Morgan fingerprint density at radius 3 is 2.10 bits per heavy atom. The molecule has 0 saturated heterocycles. The molecule has 2 heteroatoms. The average Bonchev–Trinajstić information content (AvgIpc) is 1.85. The van der Waals surface area contributed by atoms with Gasteiger partial charge in [0.1, 0.15) is 0 Å². The summed E-state index contributed by atoms with van der Waals surface area (Å²) in [5.41, 5.74) is -0.219. The molecule has 0 radical (unpaired) electrons. The summed E-state index contributed by atoms with van der Waals surface area (Å²) in [5, 5.41) is 9.60. The lowest BCUT2D eigenvalue weighted by Gasteiger charge is -2.18. The third kappa shape index (κ3) is 4.18. The minimum absolute atomic E-state index is 0.219. The van der Waals surface area contributed by atoms with Crippen molar-refractivity contribution in [3.8, 4) is 0 Å². The van der Waals surface area contributed by atoms with Crippen molar-refractivity contribution in [3.05, 3.63) is 0 Å². The van der Waals surface area contributed by atoms with Crippen LogP contribution in [0.2, 0.25) is 0 Å². The molecule has 1 N–H and O–H groups in total. The Kier molecular flexibility index (Phi) is 5.18. The van der Waals surface area contributed by atoms with Crippen molar-refractivity contribution in [2.24, 2.45) is 5.92 Å². The van der Waals surface area contributed by atoms with Crippen molar-refractivity contribution in [3.63, 3.8) is 0 Å². The molecule has 10 heavy (non-hydrogen) atoms. The minimum Gasteiger partial charge on any atom is -0.383 e. The normalized spacial score (nSPS) is 20.1. The van der Waals surface area contributed by atoms with Gasteiger partial charge in [0.2, 0.25) is 0 Å². The first-order chi connectivity index (χ1) is 4.57. The van der Waals surface area contributed by atoms with Crippen molar-refractivity contribution in [1.82, 2.24) is 0 Å². The smallest absolute Gasteiger partial charge is 0.0967 e. The van der Waals surface area contributed by atoms with Gasteiger partial charge >= 0.3 is 0 Å². The van der Waals surface area contributed by atoms with Crippen molar-refractivity contribution < 1.29 is 5.11 Å². The Balaban J connectivity index is 3.50. The minimum atomic E-state index is -0.219.